The van der Waals surface area contributed by atoms with Crippen molar-refractivity contribution in [1.82, 2.24) is 20.4 Å². The molecule has 7 heteroatoms. The highest BCUT2D eigenvalue weighted by Gasteiger charge is 2.34. The van der Waals surface area contributed by atoms with E-state index in [0.717, 1.165) is 44.6 Å². The van der Waals surface area contributed by atoms with Gasteiger partial charge in [0.25, 0.3) is 0 Å². The van der Waals surface area contributed by atoms with Crippen LogP contribution in [0.3, 0.4) is 0 Å². The molecular formula is C20H37N5O2. The van der Waals surface area contributed by atoms with Crippen molar-refractivity contribution in [3.63, 3.8) is 0 Å². The fourth-order valence-corrected chi connectivity index (χ4v) is 3.97. The van der Waals surface area contributed by atoms with Crippen LogP contribution in [-0.2, 0) is 4.74 Å². The minimum absolute atomic E-state index is 0.112. The molecule has 0 aromatic carbocycles. The van der Waals surface area contributed by atoms with Gasteiger partial charge in [-0.2, -0.15) is 0 Å². The number of carbonyl (C=O) groups is 1. The Kier molecular flexibility index (Phi) is 6.50. The first kappa shape index (κ1) is 20.2. The smallest absolute Gasteiger partial charge is 0.407 e. The summed E-state index contributed by atoms with van der Waals surface area (Å²) in [5, 5.41) is 6.42. The molecule has 0 radical (unpaired) electrons. The summed E-state index contributed by atoms with van der Waals surface area (Å²) in [6, 6.07) is 0.978. The predicted octanol–water partition coefficient (Wildman–Crippen LogP) is 2.04. The number of amides is 1. The quantitative estimate of drug-likeness (QED) is 0.565. The van der Waals surface area contributed by atoms with Gasteiger partial charge < -0.3 is 25.2 Å². The van der Waals surface area contributed by atoms with E-state index in [1.165, 1.54) is 32.4 Å². The number of likely N-dealkylation sites (tertiary alicyclic amines) is 2. The molecule has 0 bridgehead atoms. The van der Waals surface area contributed by atoms with Crippen molar-refractivity contribution >= 4 is 12.1 Å². The molecule has 27 heavy (non-hydrogen) atoms. The number of nitrogens with one attached hydrogen (secondary N) is 2. The van der Waals surface area contributed by atoms with Crippen LogP contribution in [-0.4, -0.2) is 78.8 Å². The first-order valence-corrected chi connectivity index (χ1v) is 10.6. The van der Waals surface area contributed by atoms with Gasteiger partial charge in [-0.05, 0) is 65.8 Å². The van der Waals surface area contributed by atoms with E-state index in [1.54, 1.807) is 0 Å². The molecule has 154 valence electrons. The third kappa shape index (κ3) is 6.26. The maximum absolute atomic E-state index is 12.0. The number of guanidine groups is 1. The Morgan fingerprint density at radius 2 is 1.93 bits per heavy atom. The first-order valence-electron chi connectivity index (χ1n) is 10.6. The maximum atomic E-state index is 12.0. The van der Waals surface area contributed by atoms with Crippen LogP contribution in [0.25, 0.3) is 0 Å². The third-order valence-corrected chi connectivity index (χ3v) is 5.42. The van der Waals surface area contributed by atoms with Crippen LogP contribution >= 0.6 is 0 Å². The summed E-state index contributed by atoms with van der Waals surface area (Å²) in [6.07, 6.45) is 4.63. The number of carbonyl (C=O) groups excluding carboxylic acids is 1. The number of ether oxygens (including phenoxy) is 1. The van der Waals surface area contributed by atoms with E-state index in [4.69, 9.17) is 9.73 Å². The van der Waals surface area contributed by atoms with Crippen LogP contribution in [0.1, 0.15) is 53.4 Å². The van der Waals surface area contributed by atoms with Gasteiger partial charge in [-0.3, -0.25) is 4.99 Å². The molecule has 3 aliphatic rings. The molecule has 1 amide bonds. The number of hydrogen-bond acceptors (Lipinski definition) is 4. The van der Waals surface area contributed by atoms with Crippen molar-refractivity contribution in [2.24, 2.45) is 10.9 Å². The van der Waals surface area contributed by atoms with E-state index in [2.05, 4.69) is 27.4 Å². The summed E-state index contributed by atoms with van der Waals surface area (Å²) in [7, 11) is 0. The van der Waals surface area contributed by atoms with Gasteiger partial charge in [0, 0.05) is 38.8 Å². The summed E-state index contributed by atoms with van der Waals surface area (Å²) in [5.41, 5.74) is -0.464. The molecule has 2 heterocycles. The lowest BCUT2D eigenvalue weighted by Gasteiger charge is -2.23. The molecule has 0 spiro atoms. The zero-order valence-electron chi connectivity index (χ0n) is 17.5. The van der Waals surface area contributed by atoms with Crippen molar-refractivity contribution in [3.8, 4) is 0 Å². The molecule has 3 rings (SSSR count). The van der Waals surface area contributed by atoms with Crippen molar-refractivity contribution in [3.05, 3.63) is 0 Å². The van der Waals surface area contributed by atoms with E-state index in [1.807, 2.05) is 20.8 Å². The van der Waals surface area contributed by atoms with Crippen LogP contribution in [0, 0.1) is 5.92 Å². The Balaban J connectivity index is 1.47. The topological polar surface area (TPSA) is 69.2 Å². The van der Waals surface area contributed by atoms with Crippen LogP contribution < -0.4 is 10.6 Å². The van der Waals surface area contributed by atoms with Crippen LogP contribution in [0.15, 0.2) is 4.99 Å². The van der Waals surface area contributed by atoms with E-state index in [-0.39, 0.29) is 12.1 Å². The van der Waals surface area contributed by atoms with Gasteiger partial charge in [-0.15, -0.1) is 0 Å². The van der Waals surface area contributed by atoms with E-state index in [0.29, 0.717) is 5.92 Å². The lowest BCUT2D eigenvalue weighted by Crippen LogP contribution is -2.44. The number of aliphatic imine (C=N–C) groups is 1. The minimum Gasteiger partial charge on any atom is -0.444 e. The number of rotatable bonds is 5. The van der Waals surface area contributed by atoms with E-state index >= 15 is 0 Å². The van der Waals surface area contributed by atoms with E-state index < -0.39 is 5.60 Å². The summed E-state index contributed by atoms with van der Waals surface area (Å²) in [5.74, 6) is 1.66. The zero-order valence-corrected chi connectivity index (χ0v) is 17.5. The summed E-state index contributed by atoms with van der Waals surface area (Å²) >= 11 is 0. The average molecular weight is 380 g/mol. The monoisotopic (exact) mass is 379 g/mol. The largest absolute Gasteiger partial charge is 0.444 e. The van der Waals surface area contributed by atoms with Gasteiger partial charge in [-0.1, -0.05) is 0 Å². The highest BCUT2D eigenvalue weighted by Crippen LogP contribution is 2.31. The van der Waals surface area contributed by atoms with Gasteiger partial charge in [-0.25, -0.2) is 4.79 Å². The highest BCUT2D eigenvalue weighted by molar-refractivity contribution is 5.80. The molecule has 0 aromatic rings. The fraction of sp³-hybridized carbons (Fsp3) is 0.900. The average Bonchev–Trinajstić information content (AvgIpc) is 3.14. The zero-order chi connectivity index (χ0) is 19.4. The fourth-order valence-electron chi connectivity index (χ4n) is 3.97. The van der Waals surface area contributed by atoms with Gasteiger partial charge in [0.05, 0.1) is 6.04 Å². The van der Waals surface area contributed by atoms with Gasteiger partial charge in [0.1, 0.15) is 5.60 Å². The standard InChI is InChI=1S/C20H37N5O2/c1-5-21-18(22-12-15-8-10-24(13-15)17-6-7-17)25-11-9-16(14-25)23-19(26)27-20(2,3)4/h15-17H,5-14H2,1-4H3,(H,21,22)(H,23,26). The molecule has 0 aromatic heterocycles. The molecule has 2 unspecified atom stereocenters. The number of hydrogen-bond donors (Lipinski definition) is 2. The van der Waals surface area contributed by atoms with Crippen LogP contribution in [0.4, 0.5) is 4.79 Å². The third-order valence-electron chi connectivity index (χ3n) is 5.42. The van der Waals surface area contributed by atoms with Crippen LogP contribution in [0.2, 0.25) is 0 Å². The molecule has 2 saturated heterocycles. The molecule has 7 nitrogen and oxygen atoms in total. The Bertz CT molecular complexity index is 541. The van der Waals surface area contributed by atoms with Crippen molar-refractivity contribution in [1.29, 1.82) is 0 Å². The molecule has 2 aliphatic heterocycles. The Labute approximate surface area is 163 Å². The highest BCUT2D eigenvalue weighted by atomic mass is 16.6. The predicted molar refractivity (Wildman–Crippen MR) is 108 cm³/mol. The summed E-state index contributed by atoms with van der Waals surface area (Å²) in [6.45, 7) is 13.7. The second kappa shape index (κ2) is 8.67. The molecular weight excluding hydrogens is 342 g/mol. The van der Waals surface area contributed by atoms with Crippen LogP contribution in [0.5, 0.6) is 0 Å². The lowest BCUT2D eigenvalue weighted by molar-refractivity contribution is 0.0507. The first-order chi connectivity index (χ1) is 12.8. The summed E-state index contributed by atoms with van der Waals surface area (Å²) < 4.78 is 5.37. The van der Waals surface area contributed by atoms with Crippen molar-refractivity contribution in [2.45, 2.75) is 71.1 Å². The van der Waals surface area contributed by atoms with Crippen molar-refractivity contribution < 1.29 is 9.53 Å². The van der Waals surface area contributed by atoms with Gasteiger partial charge >= 0.3 is 6.09 Å². The molecule has 2 N–H and O–H groups in total. The lowest BCUT2D eigenvalue weighted by atomic mass is 10.1. The van der Waals surface area contributed by atoms with Crippen molar-refractivity contribution in [2.75, 3.05) is 39.3 Å². The van der Waals surface area contributed by atoms with E-state index in [9.17, 15) is 4.79 Å². The SMILES string of the molecule is CCNC(=NCC1CCN(C2CC2)C1)N1CCC(NC(=O)OC(C)(C)C)C1. The number of nitrogens with zero attached hydrogens (tertiary/aromatic N) is 3. The molecule has 1 aliphatic carbocycles. The normalized spacial score (nSPS) is 27.1. The van der Waals surface area contributed by atoms with Gasteiger partial charge in [0.2, 0.25) is 0 Å². The number of alkyl carbamates (subject to hydrolysis) is 1. The summed E-state index contributed by atoms with van der Waals surface area (Å²) in [4.78, 5) is 21.8. The molecule has 3 fully saturated rings. The Morgan fingerprint density at radius 3 is 2.59 bits per heavy atom. The van der Waals surface area contributed by atoms with Gasteiger partial charge in [0.15, 0.2) is 5.96 Å². The molecule has 1 saturated carbocycles. The Hall–Kier alpha value is -1.50. The second-order valence-corrected chi connectivity index (χ2v) is 9.15. The Morgan fingerprint density at radius 1 is 1.15 bits per heavy atom. The maximum Gasteiger partial charge on any atom is 0.407 e. The second-order valence-electron chi connectivity index (χ2n) is 9.15. The molecule has 2 atom stereocenters. The minimum atomic E-state index is -0.464.